The highest BCUT2D eigenvalue weighted by molar-refractivity contribution is 5.61. The maximum absolute atomic E-state index is 11.2. The lowest BCUT2D eigenvalue weighted by atomic mass is 10.4. The van der Waals surface area contributed by atoms with Gasteiger partial charge in [-0.1, -0.05) is 0 Å². The van der Waals surface area contributed by atoms with E-state index in [0.29, 0.717) is 0 Å². The number of aliphatic hydroxyl groups is 1. The molecule has 8 nitrogen and oxygen atoms in total. The molecule has 3 unspecified atom stereocenters. The van der Waals surface area contributed by atoms with Gasteiger partial charge in [-0.25, -0.2) is 9.59 Å². The van der Waals surface area contributed by atoms with Gasteiger partial charge in [0, 0.05) is 7.11 Å². The predicted molar refractivity (Wildman–Crippen MR) is 67.3 cm³/mol. The maximum atomic E-state index is 11.2. The first-order valence-electron chi connectivity index (χ1n) is 6.19. The van der Waals surface area contributed by atoms with Crippen LogP contribution in [0.15, 0.2) is 0 Å². The lowest BCUT2D eigenvalue weighted by Crippen LogP contribution is -2.25. The van der Waals surface area contributed by atoms with Crippen molar-refractivity contribution in [3.05, 3.63) is 0 Å². The molecule has 0 aromatic carbocycles. The molecule has 20 heavy (non-hydrogen) atoms. The number of methoxy groups -OCH3 is 1. The van der Waals surface area contributed by atoms with Crippen molar-refractivity contribution in [2.24, 2.45) is 0 Å². The minimum atomic E-state index is -0.941. The minimum absolute atomic E-state index is 0.0704. The van der Waals surface area contributed by atoms with Crippen LogP contribution in [0.2, 0.25) is 0 Å². The van der Waals surface area contributed by atoms with Crippen LogP contribution < -0.4 is 0 Å². The van der Waals surface area contributed by atoms with Gasteiger partial charge in [0.1, 0.15) is 25.9 Å². The Hall–Kier alpha value is -1.54. The van der Waals surface area contributed by atoms with Crippen LogP contribution in [-0.2, 0) is 23.7 Å². The number of ether oxygens (including phenoxy) is 5. The highest BCUT2D eigenvalue weighted by atomic mass is 16.8. The van der Waals surface area contributed by atoms with E-state index in [0.717, 1.165) is 0 Å². The van der Waals surface area contributed by atoms with E-state index in [9.17, 15) is 9.59 Å². The van der Waals surface area contributed by atoms with E-state index in [4.69, 9.17) is 24.1 Å². The van der Waals surface area contributed by atoms with Crippen molar-refractivity contribution in [1.29, 1.82) is 0 Å². The van der Waals surface area contributed by atoms with E-state index in [1.807, 2.05) is 0 Å². The molecule has 3 atom stereocenters. The normalized spacial score (nSPS) is 14.8. The summed E-state index contributed by atoms with van der Waals surface area (Å²) < 4.78 is 23.7. The first-order chi connectivity index (χ1) is 9.35. The molecular formula is C12H22O8. The Labute approximate surface area is 117 Å². The van der Waals surface area contributed by atoms with Gasteiger partial charge in [-0.3, -0.25) is 0 Å². The molecule has 0 aromatic rings. The molecule has 0 radical (unpaired) electrons. The number of aliphatic hydroxyl groups excluding tert-OH is 1. The first kappa shape index (κ1) is 18.5. The third-order valence-corrected chi connectivity index (χ3v) is 2.01. The molecule has 0 heterocycles. The Morgan fingerprint density at radius 2 is 1.40 bits per heavy atom. The van der Waals surface area contributed by atoms with Crippen molar-refractivity contribution in [2.75, 3.05) is 26.9 Å². The van der Waals surface area contributed by atoms with Crippen LogP contribution in [0.5, 0.6) is 0 Å². The lowest BCUT2D eigenvalue weighted by Gasteiger charge is -2.14. The summed E-state index contributed by atoms with van der Waals surface area (Å²) in [6.07, 6.45) is -3.51. The summed E-state index contributed by atoms with van der Waals surface area (Å²) in [4.78, 5) is 22.3. The molecule has 0 aliphatic carbocycles. The number of carbonyl (C=O) groups is 2. The zero-order chi connectivity index (χ0) is 15.5. The van der Waals surface area contributed by atoms with Crippen LogP contribution >= 0.6 is 0 Å². The van der Waals surface area contributed by atoms with Crippen molar-refractivity contribution in [3.8, 4) is 0 Å². The average molecular weight is 294 g/mol. The third kappa shape index (κ3) is 10.4. The van der Waals surface area contributed by atoms with Crippen LogP contribution in [-0.4, -0.2) is 62.7 Å². The second-order valence-corrected chi connectivity index (χ2v) is 4.26. The smallest absolute Gasteiger partial charge is 0.432 e. The topological polar surface area (TPSA) is 101 Å². The molecule has 0 amide bonds. The Morgan fingerprint density at radius 1 is 0.900 bits per heavy atom. The summed E-state index contributed by atoms with van der Waals surface area (Å²) in [6.45, 7) is 4.47. The number of rotatable bonds is 8. The first-order valence-corrected chi connectivity index (χ1v) is 6.19. The molecule has 0 spiro atoms. The molecule has 118 valence electrons. The minimum Gasteiger partial charge on any atom is -0.432 e. The summed E-state index contributed by atoms with van der Waals surface area (Å²) in [6, 6.07) is 0. The van der Waals surface area contributed by atoms with Crippen LogP contribution in [0.25, 0.3) is 0 Å². The number of carbonyl (C=O) groups excluding carboxylic acids is 2. The Morgan fingerprint density at radius 3 is 1.90 bits per heavy atom. The summed E-state index contributed by atoms with van der Waals surface area (Å²) in [7, 11) is 1.49. The summed E-state index contributed by atoms with van der Waals surface area (Å²) in [5, 5.41) is 8.91. The zero-order valence-corrected chi connectivity index (χ0v) is 12.2. The predicted octanol–water partition coefficient (Wildman–Crippen LogP) is 1.10. The van der Waals surface area contributed by atoms with Gasteiger partial charge in [0.25, 0.3) is 0 Å². The van der Waals surface area contributed by atoms with Gasteiger partial charge in [0.2, 0.25) is 0 Å². The van der Waals surface area contributed by atoms with E-state index in [2.05, 4.69) is 4.74 Å². The molecule has 0 rings (SSSR count). The molecule has 0 bridgehead atoms. The van der Waals surface area contributed by atoms with Crippen molar-refractivity contribution >= 4 is 12.3 Å². The van der Waals surface area contributed by atoms with Crippen LogP contribution in [0.1, 0.15) is 20.8 Å². The number of hydrogen-bond acceptors (Lipinski definition) is 8. The molecule has 0 aliphatic heterocycles. The van der Waals surface area contributed by atoms with Gasteiger partial charge in [-0.15, -0.1) is 0 Å². The fraction of sp³-hybridized carbons (Fsp3) is 0.833. The maximum Gasteiger partial charge on any atom is 0.508 e. The van der Waals surface area contributed by atoms with E-state index in [1.165, 1.54) is 21.0 Å². The standard InChI is InChI=1S/C12H22O8/c1-8(13)5-17-12(15)20-10(3)7-19-11(14)18-6-9(2)16-4/h8-10,13H,5-7H2,1-4H3. The molecular weight excluding hydrogens is 272 g/mol. The quantitative estimate of drug-likeness (QED) is 0.664. The van der Waals surface area contributed by atoms with Crippen molar-refractivity contribution < 1.29 is 38.4 Å². The summed E-state index contributed by atoms with van der Waals surface area (Å²) in [5.74, 6) is 0. The highest BCUT2D eigenvalue weighted by Gasteiger charge is 2.15. The van der Waals surface area contributed by atoms with Gasteiger partial charge in [0.15, 0.2) is 0 Å². The molecule has 0 aliphatic rings. The average Bonchev–Trinajstić information content (AvgIpc) is 2.40. The van der Waals surface area contributed by atoms with E-state index < -0.39 is 24.5 Å². The third-order valence-electron chi connectivity index (χ3n) is 2.01. The number of hydrogen-bond donors (Lipinski definition) is 1. The molecule has 8 heteroatoms. The van der Waals surface area contributed by atoms with E-state index >= 15 is 0 Å². The highest BCUT2D eigenvalue weighted by Crippen LogP contribution is 1.99. The van der Waals surface area contributed by atoms with Gasteiger partial charge >= 0.3 is 12.3 Å². The van der Waals surface area contributed by atoms with Crippen molar-refractivity contribution in [1.82, 2.24) is 0 Å². The summed E-state index contributed by atoms with van der Waals surface area (Å²) >= 11 is 0. The molecule has 0 saturated heterocycles. The van der Waals surface area contributed by atoms with Crippen molar-refractivity contribution in [3.63, 3.8) is 0 Å². The Kier molecular flexibility index (Phi) is 9.48. The monoisotopic (exact) mass is 294 g/mol. The largest absolute Gasteiger partial charge is 0.508 e. The van der Waals surface area contributed by atoms with Crippen LogP contribution in [0.3, 0.4) is 0 Å². The fourth-order valence-corrected chi connectivity index (χ4v) is 0.901. The van der Waals surface area contributed by atoms with Gasteiger partial charge in [-0.05, 0) is 20.8 Å². The van der Waals surface area contributed by atoms with Gasteiger partial charge in [0.05, 0.1) is 12.2 Å². The summed E-state index contributed by atoms with van der Waals surface area (Å²) in [5.41, 5.74) is 0. The van der Waals surface area contributed by atoms with Crippen LogP contribution in [0.4, 0.5) is 9.59 Å². The van der Waals surface area contributed by atoms with E-state index in [1.54, 1.807) is 6.92 Å². The second-order valence-electron chi connectivity index (χ2n) is 4.26. The second kappa shape index (κ2) is 10.3. The molecule has 0 aromatic heterocycles. The SMILES string of the molecule is COC(C)COC(=O)OCC(C)OC(=O)OCC(C)O. The van der Waals surface area contributed by atoms with Gasteiger partial charge < -0.3 is 28.8 Å². The molecule has 0 saturated carbocycles. The fourth-order valence-electron chi connectivity index (χ4n) is 0.901. The Bertz CT molecular complexity index is 291. The zero-order valence-electron chi connectivity index (χ0n) is 12.2. The van der Waals surface area contributed by atoms with Crippen LogP contribution in [0, 0.1) is 0 Å². The van der Waals surface area contributed by atoms with Gasteiger partial charge in [-0.2, -0.15) is 0 Å². The van der Waals surface area contributed by atoms with Crippen molar-refractivity contribution in [2.45, 2.75) is 39.1 Å². The lowest BCUT2D eigenvalue weighted by molar-refractivity contribution is -0.0284. The Balaban J connectivity index is 3.73. The van der Waals surface area contributed by atoms with E-state index in [-0.39, 0.29) is 25.9 Å². The molecule has 1 N–H and O–H groups in total. The molecule has 0 fully saturated rings.